The molecule has 2 heterocycles. The first-order valence-corrected chi connectivity index (χ1v) is 7.77. The second-order valence-corrected chi connectivity index (χ2v) is 5.90. The van der Waals surface area contributed by atoms with Gasteiger partial charge in [-0.15, -0.1) is 0 Å². The molecule has 1 aliphatic heterocycles. The lowest BCUT2D eigenvalue weighted by molar-refractivity contribution is 0.0677. The number of nitrogens with one attached hydrogen (secondary N) is 1. The van der Waals surface area contributed by atoms with E-state index < -0.39 is 0 Å². The van der Waals surface area contributed by atoms with Crippen molar-refractivity contribution in [3.8, 4) is 0 Å². The molecule has 0 aliphatic carbocycles. The average molecular weight is 314 g/mol. The number of hydrogen-bond donors (Lipinski definition) is 1. The fraction of sp³-hybridized carbons (Fsp3) is 0.353. The summed E-state index contributed by atoms with van der Waals surface area (Å²) < 4.78 is 12.9. The zero-order valence-electron chi connectivity index (χ0n) is 13.0. The van der Waals surface area contributed by atoms with E-state index in [-0.39, 0.29) is 11.7 Å². The predicted molar refractivity (Wildman–Crippen MR) is 86.0 cm³/mol. The van der Waals surface area contributed by atoms with Crippen molar-refractivity contribution < 1.29 is 9.18 Å². The van der Waals surface area contributed by atoms with Crippen LogP contribution in [0.25, 0.3) is 0 Å². The van der Waals surface area contributed by atoms with Gasteiger partial charge in [-0.3, -0.25) is 4.79 Å². The van der Waals surface area contributed by atoms with E-state index in [4.69, 9.17) is 0 Å². The van der Waals surface area contributed by atoms with E-state index in [9.17, 15) is 9.18 Å². The fourth-order valence-corrected chi connectivity index (χ4v) is 2.74. The highest BCUT2D eigenvalue weighted by Gasteiger charge is 2.23. The minimum Gasteiger partial charge on any atom is -0.337 e. The molecule has 1 amide bonds. The van der Waals surface area contributed by atoms with Gasteiger partial charge < -0.3 is 10.2 Å². The Bertz CT molecular complexity index is 689. The van der Waals surface area contributed by atoms with Crippen molar-refractivity contribution in [2.45, 2.75) is 19.8 Å². The van der Waals surface area contributed by atoms with Crippen molar-refractivity contribution in [3.05, 3.63) is 48.0 Å². The van der Waals surface area contributed by atoms with Gasteiger partial charge in [0.15, 0.2) is 0 Å². The quantitative estimate of drug-likeness (QED) is 0.945. The molecule has 0 bridgehead atoms. The Labute approximate surface area is 134 Å². The van der Waals surface area contributed by atoms with E-state index in [0.717, 1.165) is 25.9 Å². The van der Waals surface area contributed by atoms with Gasteiger partial charge >= 0.3 is 0 Å². The molecular weight excluding hydrogens is 295 g/mol. The first-order chi connectivity index (χ1) is 11.1. The molecule has 2 aromatic rings. The molecule has 5 nitrogen and oxygen atoms in total. The van der Waals surface area contributed by atoms with Crippen LogP contribution in [0.2, 0.25) is 0 Å². The van der Waals surface area contributed by atoms with Crippen molar-refractivity contribution in [2.75, 3.05) is 18.4 Å². The van der Waals surface area contributed by atoms with Gasteiger partial charge in [0.25, 0.3) is 5.91 Å². The van der Waals surface area contributed by atoms with E-state index >= 15 is 0 Å². The molecule has 6 heteroatoms. The van der Waals surface area contributed by atoms with Gasteiger partial charge in [0, 0.05) is 25.0 Å². The lowest BCUT2D eigenvalue weighted by atomic mass is 10.00. The number of benzene rings is 1. The summed E-state index contributed by atoms with van der Waals surface area (Å²) in [5.41, 5.74) is 1.04. The number of carbonyl (C=O) groups excluding carboxylic acids is 1. The van der Waals surface area contributed by atoms with E-state index in [1.54, 1.807) is 24.4 Å². The van der Waals surface area contributed by atoms with Crippen molar-refractivity contribution in [1.29, 1.82) is 0 Å². The van der Waals surface area contributed by atoms with Crippen LogP contribution in [0.3, 0.4) is 0 Å². The Hall–Kier alpha value is -2.50. The number of nitrogens with zero attached hydrogens (tertiary/aromatic N) is 3. The molecule has 1 aromatic carbocycles. The summed E-state index contributed by atoms with van der Waals surface area (Å²) in [7, 11) is 0. The Morgan fingerprint density at radius 2 is 2.09 bits per heavy atom. The molecule has 1 N–H and O–H groups in total. The third-order valence-electron chi connectivity index (χ3n) is 3.92. The molecular formula is C17H19FN4O. The monoisotopic (exact) mass is 314 g/mol. The van der Waals surface area contributed by atoms with Crippen LogP contribution in [0.4, 0.5) is 16.0 Å². The number of rotatable bonds is 3. The summed E-state index contributed by atoms with van der Waals surface area (Å²) in [5.74, 6) is 0.472. The third-order valence-corrected chi connectivity index (χ3v) is 3.92. The average Bonchev–Trinajstić information content (AvgIpc) is 2.56. The van der Waals surface area contributed by atoms with Gasteiger partial charge in [-0.25, -0.2) is 14.4 Å². The number of aromatic nitrogens is 2. The fourth-order valence-electron chi connectivity index (χ4n) is 2.74. The molecule has 120 valence electrons. The summed E-state index contributed by atoms with van der Waals surface area (Å²) in [5, 5.41) is 2.98. The van der Waals surface area contributed by atoms with Gasteiger partial charge in [0.2, 0.25) is 5.95 Å². The maximum atomic E-state index is 12.9. The van der Waals surface area contributed by atoms with E-state index in [2.05, 4.69) is 22.2 Å². The largest absolute Gasteiger partial charge is 0.337 e. The van der Waals surface area contributed by atoms with Crippen LogP contribution in [0.5, 0.6) is 0 Å². The summed E-state index contributed by atoms with van der Waals surface area (Å²) in [6.07, 6.45) is 3.74. The van der Waals surface area contributed by atoms with Crippen molar-refractivity contribution in [1.82, 2.24) is 14.9 Å². The third kappa shape index (κ3) is 3.83. The summed E-state index contributed by atoms with van der Waals surface area (Å²) in [6.45, 7) is 3.69. The number of halogens is 1. The lowest BCUT2D eigenvalue weighted by Crippen LogP contribution is -2.39. The van der Waals surface area contributed by atoms with Crippen LogP contribution < -0.4 is 5.32 Å². The van der Waals surface area contributed by atoms with E-state index in [1.807, 2.05) is 4.90 Å². The smallest absolute Gasteiger partial charge is 0.272 e. The molecule has 1 unspecified atom stereocenters. The number of hydrogen-bond acceptors (Lipinski definition) is 4. The molecule has 1 atom stereocenters. The van der Waals surface area contributed by atoms with Crippen LogP contribution in [-0.4, -0.2) is 33.9 Å². The summed E-state index contributed by atoms with van der Waals surface area (Å²) >= 11 is 0. The van der Waals surface area contributed by atoms with Crippen molar-refractivity contribution in [2.24, 2.45) is 5.92 Å². The highest BCUT2D eigenvalue weighted by atomic mass is 19.1. The Kier molecular flexibility index (Phi) is 4.50. The molecule has 1 fully saturated rings. The van der Waals surface area contributed by atoms with Crippen LogP contribution in [-0.2, 0) is 0 Å². The van der Waals surface area contributed by atoms with Crippen LogP contribution in [0.1, 0.15) is 30.3 Å². The number of anilines is 2. The maximum Gasteiger partial charge on any atom is 0.272 e. The minimum absolute atomic E-state index is 0.0684. The molecule has 0 spiro atoms. The van der Waals surface area contributed by atoms with Crippen LogP contribution in [0, 0.1) is 11.7 Å². The number of amides is 1. The second-order valence-electron chi connectivity index (χ2n) is 5.90. The maximum absolute atomic E-state index is 12.9. The Balaban J connectivity index is 1.74. The zero-order valence-corrected chi connectivity index (χ0v) is 13.0. The highest BCUT2D eigenvalue weighted by molar-refractivity contribution is 5.92. The van der Waals surface area contributed by atoms with Gasteiger partial charge in [-0.2, -0.15) is 0 Å². The Morgan fingerprint density at radius 1 is 1.30 bits per heavy atom. The standard InChI is InChI=1S/C17H19FN4O/c1-12-3-2-10-22(11-12)16(23)15-8-9-19-17(21-15)20-14-6-4-13(18)5-7-14/h4-9,12H,2-3,10-11H2,1H3,(H,19,20,21). The Morgan fingerprint density at radius 3 is 2.83 bits per heavy atom. The first-order valence-electron chi connectivity index (χ1n) is 7.77. The van der Waals surface area contributed by atoms with Crippen LogP contribution >= 0.6 is 0 Å². The number of piperidine rings is 1. The van der Waals surface area contributed by atoms with E-state index in [0.29, 0.717) is 23.2 Å². The molecule has 0 radical (unpaired) electrons. The van der Waals surface area contributed by atoms with Crippen LogP contribution in [0.15, 0.2) is 36.5 Å². The molecule has 1 aliphatic rings. The van der Waals surface area contributed by atoms with Gasteiger partial charge in [-0.05, 0) is 49.1 Å². The topological polar surface area (TPSA) is 58.1 Å². The molecule has 1 saturated heterocycles. The van der Waals surface area contributed by atoms with Gasteiger partial charge in [0.05, 0.1) is 0 Å². The lowest BCUT2D eigenvalue weighted by Gasteiger charge is -2.30. The van der Waals surface area contributed by atoms with E-state index in [1.165, 1.54) is 12.1 Å². The highest BCUT2D eigenvalue weighted by Crippen LogP contribution is 2.18. The minimum atomic E-state index is -0.306. The van der Waals surface area contributed by atoms with Gasteiger partial charge in [-0.1, -0.05) is 6.92 Å². The number of likely N-dealkylation sites (tertiary alicyclic amines) is 1. The molecule has 1 aromatic heterocycles. The molecule has 23 heavy (non-hydrogen) atoms. The second kappa shape index (κ2) is 6.73. The van der Waals surface area contributed by atoms with Crippen molar-refractivity contribution >= 4 is 17.5 Å². The molecule has 3 rings (SSSR count). The molecule has 0 saturated carbocycles. The van der Waals surface area contributed by atoms with Crippen molar-refractivity contribution in [3.63, 3.8) is 0 Å². The normalized spacial score (nSPS) is 17.8. The zero-order chi connectivity index (χ0) is 16.2. The summed E-state index contributed by atoms with van der Waals surface area (Å²) in [6, 6.07) is 7.52. The SMILES string of the molecule is CC1CCCN(C(=O)c2ccnc(Nc3ccc(F)cc3)n2)C1. The summed E-state index contributed by atoms with van der Waals surface area (Å²) in [4.78, 5) is 22.8. The first kappa shape index (κ1) is 15.4. The number of carbonyl (C=O) groups is 1. The predicted octanol–water partition coefficient (Wildman–Crippen LogP) is 3.23. The van der Waals surface area contributed by atoms with Gasteiger partial charge in [0.1, 0.15) is 11.5 Å².